The highest BCUT2D eigenvalue weighted by molar-refractivity contribution is 9.10. The van der Waals surface area contributed by atoms with E-state index in [1.54, 1.807) is 25.1 Å². The molecule has 1 aliphatic rings. The number of hydrogen-bond acceptors (Lipinski definition) is 3. The number of hydrogen-bond donors (Lipinski definition) is 1. The summed E-state index contributed by atoms with van der Waals surface area (Å²) in [6.45, 7) is 1.43. The Hall–Kier alpha value is -1.36. The summed E-state index contributed by atoms with van der Waals surface area (Å²) in [6.07, 6.45) is 0. The molecule has 0 bridgehead atoms. The Kier molecular flexibility index (Phi) is 2.71. The Balaban J connectivity index is 2.43. The van der Waals surface area contributed by atoms with Crippen LogP contribution >= 0.6 is 15.9 Å². The van der Waals surface area contributed by atoms with E-state index in [2.05, 4.69) is 21.2 Å². The molecule has 1 fully saturated rings. The molecule has 0 saturated carbocycles. The summed E-state index contributed by atoms with van der Waals surface area (Å²) in [6, 6.07) is 7.21. The van der Waals surface area contributed by atoms with E-state index >= 15 is 0 Å². The number of esters is 1. The topological polar surface area (TPSA) is 55.4 Å². The van der Waals surface area contributed by atoms with Gasteiger partial charge in [0.15, 0.2) is 12.1 Å². The third kappa shape index (κ3) is 1.82. The number of carbonyl (C=O) groups excluding carboxylic acids is 2. The van der Waals surface area contributed by atoms with Gasteiger partial charge in [-0.15, -0.1) is 0 Å². The summed E-state index contributed by atoms with van der Waals surface area (Å²) in [5.41, 5.74) is -0.404. The van der Waals surface area contributed by atoms with E-state index in [-0.39, 0.29) is 12.5 Å². The molecule has 1 heterocycles. The SMILES string of the molecule is CC1(c2cccc(Br)c2)NC(=O)COC1=O. The molecule has 4 nitrogen and oxygen atoms in total. The monoisotopic (exact) mass is 283 g/mol. The number of cyclic esters (lactones) is 1. The van der Waals surface area contributed by atoms with Crippen molar-refractivity contribution in [3.63, 3.8) is 0 Å². The zero-order chi connectivity index (χ0) is 11.8. The van der Waals surface area contributed by atoms with E-state index in [4.69, 9.17) is 4.74 Å². The van der Waals surface area contributed by atoms with Gasteiger partial charge in [-0.3, -0.25) is 4.79 Å². The zero-order valence-corrected chi connectivity index (χ0v) is 10.2. The van der Waals surface area contributed by atoms with Crippen LogP contribution in [0.25, 0.3) is 0 Å². The molecule has 1 amide bonds. The highest BCUT2D eigenvalue weighted by Gasteiger charge is 2.42. The van der Waals surface area contributed by atoms with Gasteiger partial charge in [-0.1, -0.05) is 28.1 Å². The minimum absolute atomic E-state index is 0.206. The Morgan fingerprint density at radius 2 is 2.19 bits per heavy atom. The Labute approximate surface area is 101 Å². The first kappa shape index (κ1) is 11.1. The zero-order valence-electron chi connectivity index (χ0n) is 8.62. The predicted molar refractivity (Wildman–Crippen MR) is 60.6 cm³/mol. The van der Waals surface area contributed by atoms with Crippen LogP contribution in [0.3, 0.4) is 0 Å². The number of amides is 1. The number of ether oxygens (including phenoxy) is 1. The minimum atomic E-state index is -1.10. The first-order valence-corrected chi connectivity index (χ1v) is 5.56. The predicted octanol–water partition coefficient (Wildman–Crippen LogP) is 1.34. The van der Waals surface area contributed by atoms with Crippen LogP contribution in [0, 0.1) is 0 Å². The maximum atomic E-state index is 11.7. The lowest BCUT2D eigenvalue weighted by molar-refractivity contribution is -0.163. The number of benzene rings is 1. The molecule has 0 aromatic heterocycles. The standard InChI is InChI=1S/C11H10BrNO3/c1-11(7-3-2-4-8(12)5-7)10(15)16-6-9(14)13-11/h2-5H,6H2,1H3,(H,13,14). The molecule has 1 N–H and O–H groups in total. The summed E-state index contributed by atoms with van der Waals surface area (Å²) in [5.74, 6) is -0.729. The van der Waals surface area contributed by atoms with Gasteiger partial charge in [0.1, 0.15) is 0 Å². The van der Waals surface area contributed by atoms with Crippen molar-refractivity contribution in [3.8, 4) is 0 Å². The molecule has 1 unspecified atom stereocenters. The van der Waals surface area contributed by atoms with Crippen molar-refractivity contribution in [3.05, 3.63) is 34.3 Å². The third-order valence-electron chi connectivity index (χ3n) is 2.53. The van der Waals surface area contributed by atoms with Crippen LogP contribution in [0.4, 0.5) is 0 Å². The van der Waals surface area contributed by atoms with E-state index in [9.17, 15) is 9.59 Å². The van der Waals surface area contributed by atoms with Crippen molar-refractivity contribution in [2.45, 2.75) is 12.5 Å². The molecule has 5 heteroatoms. The quantitative estimate of drug-likeness (QED) is 0.792. The molecule has 2 rings (SSSR count). The van der Waals surface area contributed by atoms with Crippen LogP contribution in [0.2, 0.25) is 0 Å². The summed E-state index contributed by atoms with van der Waals surface area (Å²) >= 11 is 3.32. The second-order valence-corrected chi connectivity index (χ2v) is 4.68. The van der Waals surface area contributed by atoms with Crippen molar-refractivity contribution < 1.29 is 14.3 Å². The number of rotatable bonds is 1. The average molecular weight is 284 g/mol. The second kappa shape index (κ2) is 3.90. The van der Waals surface area contributed by atoms with Gasteiger partial charge in [-0.25, -0.2) is 4.79 Å². The normalized spacial score (nSPS) is 24.9. The van der Waals surface area contributed by atoms with Crippen molar-refractivity contribution in [2.75, 3.05) is 6.61 Å². The van der Waals surface area contributed by atoms with Gasteiger partial charge in [0.05, 0.1) is 0 Å². The molecule has 84 valence electrons. The van der Waals surface area contributed by atoms with Crippen LogP contribution in [0.5, 0.6) is 0 Å². The fraction of sp³-hybridized carbons (Fsp3) is 0.273. The van der Waals surface area contributed by atoms with Crippen LogP contribution in [0.15, 0.2) is 28.7 Å². The maximum Gasteiger partial charge on any atom is 0.336 e. The first-order valence-electron chi connectivity index (χ1n) is 4.76. The lowest BCUT2D eigenvalue weighted by atomic mass is 9.91. The summed E-state index contributed by atoms with van der Waals surface area (Å²) in [4.78, 5) is 23.0. The smallest absolute Gasteiger partial charge is 0.336 e. The Morgan fingerprint density at radius 1 is 1.44 bits per heavy atom. The lowest BCUT2D eigenvalue weighted by Gasteiger charge is -2.32. The summed E-state index contributed by atoms with van der Waals surface area (Å²) < 4.78 is 5.68. The summed E-state index contributed by atoms with van der Waals surface area (Å²) in [7, 11) is 0. The van der Waals surface area contributed by atoms with Crippen molar-refractivity contribution in [2.24, 2.45) is 0 Å². The third-order valence-corrected chi connectivity index (χ3v) is 3.03. The van der Waals surface area contributed by atoms with Crippen molar-refractivity contribution in [1.29, 1.82) is 0 Å². The van der Waals surface area contributed by atoms with Crippen LogP contribution < -0.4 is 5.32 Å². The molecule has 1 aromatic rings. The Bertz CT molecular complexity index is 460. The van der Waals surface area contributed by atoms with Gasteiger partial charge in [-0.2, -0.15) is 0 Å². The number of morpholine rings is 1. The summed E-state index contributed by atoms with van der Waals surface area (Å²) in [5, 5.41) is 2.65. The molecule has 1 aliphatic heterocycles. The number of nitrogens with one attached hydrogen (secondary N) is 1. The molecule has 1 aromatic carbocycles. The first-order chi connectivity index (χ1) is 7.52. The maximum absolute atomic E-state index is 11.7. The minimum Gasteiger partial charge on any atom is -0.454 e. The number of carbonyl (C=O) groups is 2. The van der Waals surface area contributed by atoms with Gasteiger partial charge < -0.3 is 10.1 Å². The van der Waals surface area contributed by atoms with Crippen LogP contribution in [0.1, 0.15) is 12.5 Å². The molecule has 0 aliphatic carbocycles. The van der Waals surface area contributed by atoms with Gasteiger partial charge in [0.25, 0.3) is 5.91 Å². The number of halogens is 1. The fourth-order valence-electron chi connectivity index (χ4n) is 1.63. The van der Waals surface area contributed by atoms with E-state index in [0.717, 1.165) is 4.47 Å². The fourth-order valence-corrected chi connectivity index (χ4v) is 2.03. The lowest BCUT2D eigenvalue weighted by Crippen LogP contribution is -2.56. The Morgan fingerprint density at radius 3 is 2.88 bits per heavy atom. The molecule has 0 spiro atoms. The van der Waals surface area contributed by atoms with Gasteiger partial charge in [0, 0.05) is 4.47 Å². The highest BCUT2D eigenvalue weighted by Crippen LogP contribution is 2.26. The van der Waals surface area contributed by atoms with Crippen molar-refractivity contribution in [1.82, 2.24) is 5.32 Å². The second-order valence-electron chi connectivity index (χ2n) is 3.76. The largest absolute Gasteiger partial charge is 0.454 e. The van der Waals surface area contributed by atoms with Crippen LogP contribution in [-0.4, -0.2) is 18.5 Å². The van der Waals surface area contributed by atoms with Gasteiger partial charge in [0.2, 0.25) is 0 Å². The average Bonchev–Trinajstić information content (AvgIpc) is 2.24. The van der Waals surface area contributed by atoms with Crippen LogP contribution in [-0.2, 0) is 19.9 Å². The van der Waals surface area contributed by atoms with E-state index in [0.29, 0.717) is 5.56 Å². The van der Waals surface area contributed by atoms with E-state index in [1.165, 1.54) is 0 Å². The molecule has 0 radical (unpaired) electrons. The molecule has 16 heavy (non-hydrogen) atoms. The highest BCUT2D eigenvalue weighted by atomic mass is 79.9. The molecular weight excluding hydrogens is 274 g/mol. The molecule has 1 atom stereocenters. The molecular formula is C11H10BrNO3. The van der Waals surface area contributed by atoms with E-state index < -0.39 is 11.5 Å². The van der Waals surface area contributed by atoms with E-state index in [1.807, 2.05) is 6.07 Å². The molecule has 1 saturated heterocycles. The van der Waals surface area contributed by atoms with Crippen molar-refractivity contribution >= 4 is 27.8 Å². The van der Waals surface area contributed by atoms with Gasteiger partial charge in [-0.05, 0) is 24.6 Å². The van der Waals surface area contributed by atoms with Gasteiger partial charge >= 0.3 is 5.97 Å².